The summed E-state index contributed by atoms with van der Waals surface area (Å²) in [5.74, 6) is 1.33. The molecule has 2 aromatic carbocycles. The Morgan fingerprint density at radius 2 is 2.00 bits per heavy atom. The van der Waals surface area contributed by atoms with Gasteiger partial charge in [-0.05, 0) is 35.7 Å². The summed E-state index contributed by atoms with van der Waals surface area (Å²) >= 11 is 0. The molecule has 3 aromatic rings. The fourth-order valence-corrected chi connectivity index (χ4v) is 3.21. The van der Waals surface area contributed by atoms with Crippen molar-refractivity contribution in [3.63, 3.8) is 0 Å². The summed E-state index contributed by atoms with van der Waals surface area (Å²) in [6.07, 6.45) is 2.50. The minimum Gasteiger partial charge on any atom is -0.497 e. The maximum Gasteiger partial charge on any atom is 0.238 e. The van der Waals surface area contributed by atoms with Gasteiger partial charge in [-0.3, -0.25) is 4.79 Å². The highest BCUT2D eigenvalue weighted by atomic mass is 16.5. The fraction of sp³-hybridized carbons (Fsp3) is 0.375. The van der Waals surface area contributed by atoms with Crippen LogP contribution < -0.4 is 15.4 Å². The van der Waals surface area contributed by atoms with Gasteiger partial charge < -0.3 is 20.5 Å². The molecule has 0 fully saturated rings. The highest BCUT2D eigenvalue weighted by Gasteiger charge is 2.17. The number of ether oxygens (including phenoxy) is 1. The first-order valence-electron chi connectivity index (χ1n) is 10.4. The minimum atomic E-state index is -0.287. The second kappa shape index (κ2) is 9.85. The van der Waals surface area contributed by atoms with Crippen molar-refractivity contribution >= 4 is 22.4 Å². The van der Waals surface area contributed by atoms with Crippen LogP contribution >= 0.6 is 0 Å². The molecule has 0 saturated heterocycles. The molecule has 31 heavy (non-hydrogen) atoms. The second-order valence-corrected chi connectivity index (χ2v) is 8.30. The summed E-state index contributed by atoms with van der Waals surface area (Å²) in [5, 5.41) is 17.4. The van der Waals surface area contributed by atoms with Crippen molar-refractivity contribution < 1.29 is 14.6 Å². The fourth-order valence-electron chi connectivity index (χ4n) is 3.21. The smallest absolute Gasteiger partial charge is 0.238 e. The van der Waals surface area contributed by atoms with Gasteiger partial charge in [0, 0.05) is 47.8 Å². The molecule has 7 heteroatoms. The summed E-state index contributed by atoms with van der Waals surface area (Å²) in [4.78, 5) is 21.5. The van der Waals surface area contributed by atoms with Gasteiger partial charge in [0.15, 0.2) is 0 Å². The van der Waals surface area contributed by atoms with Gasteiger partial charge in [0.2, 0.25) is 5.91 Å². The maximum atomic E-state index is 12.6. The molecule has 0 unspecified atom stereocenters. The molecule has 0 radical (unpaired) electrons. The van der Waals surface area contributed by atoms with Crippen LogP contribution in [0.4, 0.5) is 5.69 Å². The van der Waals surface area contributed by atoms with Gasteiger partial charge in [0.05, 0.1) is 19.3 Å². The lowest BCUT2D eigenvalue weighted by Gasteiger charge is -2.21. The number of aliphatic hydroxyl groups is 1. The van der Waals surface area contributed by atoms with E-state index in [-0.39, 0.29) is 24.5 Å². The monoisotopic (exact) mass is 422 g/mol. The van der Waals surface area contributed by atoms with E-state index in [9.17, 15) is 9.90 Å². The van der Waals surface area contributed by atoms with Crippen LogP contribution in [0.5, 0.6) is 5.75 Å². The van der Waals surface area contributed by atoms with Crippen LogP contribution in [-0.4, -0.2) is 47.8 Å². The van der Waals surface area contributed by atoms with Gasteiger partial charge in [-0.15, -0.1) is 0 Å². The number of hydrogen-bond donors (Lipinski definition) is 3. The van der Waals surface area contributed by atoms with Gasteiger partial charge in [-0.25, -0.2) is 9.97 Å². The van der Waals surface area contributed by atoms with Crippen LogP contribution in [0.15, 0.2) is 42.6 Å². The Morgan fingerprint density at radius 1 is 1.19 bits per heavy atom. The average molecular weight is 423 g/mol. The third-order valence-corrected chi connectivity index (χ3v) is 5.07. The number of aliphatic hydroxyl groups excluding tert-OH is 1. The number of methoxy groups -OCH3 is 1. The van der Waals surface area contributed by atoms with Gasteiger partial charge in [-0.2, -0.15) is 0 Å². The molecular formula is C24H30N4O3. The summed E-state index contributed by atoms with van der Waals surface area (Å²) in [5.41, 5.74) is 2.11. The third kappa shape index (κ3) is 5.77. The lowest BCUT2D eigenvalue weighted by molar-refractivity contribution is -0.115. The van der Waals surface area contributed by atoms with Gasteiger partial charge in [-0.1, -0.05) is 26.8 Å². The summed E-state index contributed by atoms with van der Waals surface area (Å²) in [6, 6.07) is 11.6. The number of carbonyl (C=O) groups is 1. The number of hydrogen-bond acceptors (Lipinski definition) is 6. The number of benzene rings is 2. The predicted octanol–water partition coefficient (Wildman–Crippen LogP) is 3.41. The Balaban J connectivity index is 1.92. The lowest BCUT2D eigenvalue weighted by Crippen LogP contribution is -2.37. The normalized spacial score (nSPS) is 11.5. The molecule has 1 amide bonds. The van der Waals surface area contributed by atoms with E-state index in [1.54, 1.807) is 13.3 Å². The predicted molar refractivity (Wildman–Crippen MR) is 123 cm³/mol. The van der Waals surface area contributed by atoms with E-state index < -0.39 is 0 Å². The molecule has 164 valence electrons. The summed E-state index contributed by atoms with van der Waals surface area (Å²) in [7, 11) is 1.62. The van der Waals surface area contributed by atoms with Crippen LogP contribution in [0, 0.1) is 5.41 Å². The Morgan fingerprint density at radius 3 is 2.71 bits per heavy atom. The van der Waals surface area contributed by atoms with Crippen LogP contribution in [0.3, 0.4) is 0 Å². The largest absolute Gasteiger partial charge is 0.497 e. The second-order valence-electron chi connectivity index (χ2n) is 8.30. The molecule has 0 aliphatic rings. The number of nitrogens with one attached hydrogen (secondary N) is 2. The van der Waals surface area contributed by atoms with Gasteiger partial charge >= 0.3 is 0 Å². The Hall–Kier alpha value is -3.03. The lowest BCUT2D eigenvalue weighted by atomic mass is 9.95. The van der Waals surface area contributed by atoms with E-state index in [1.165, 1.54) is 0 Å². The highest BCUT2D eigenvalue weighted by molar-refractivity contribution is 6.05. The molecule has 0 saturated carbocycles. The zero-order valence-corrected chi connectivity index (χ0v) is 18.5. The van der Waals surface area contributed by atoms with E-state index >= 15 is 0 Å². The quantitative estimate of drug-likeness (QED) is 0.489. The zero-order chi connectivity index (χ0) is 22.4. The maximum absolute atomic E-state index is 12.6. The molecule has 0 aliphatic carbocycles. The number of rotatable bonds is 9. The first-order valence-corrected chi connectivity index (χ1v) is 10.4. The van der Waals surface area contributed by atoms with E-state index in [2.05, 4.69) is 20.6 Å². The number of anilines is 1. The number of fused-ring (bicyclic) bond motifs is 1. The van der Waals surface area contributed by atoms with E-state index in [0.717, 1.165) is 34.3 Å². The zero-order valence-electron chi connectivity index (χ0n) is 18.5. The van der Waals surface area contributed by atoms with E-state index in [0.29, 0.717) is 18.0 Å². The van der Waals surface area contributed by atoms with Crippen molar-refractivity contribution in [3.8, 4) is 17.0 Å². The number of aryl methyl sites for hydroxylation is 1. The summed E-state index contributed by atoms with van der Waals surface area (Å²) < 4.78 is 5.37. The molecule has 0 aliphatic heterocycles. The molecule has 7 nitrogen and oxygen atoms in total. The minimum absolute atomic E-state index is 0.0484. The molecular weight excluding hydrogens is 392 g/mol. The molecule has 0 bridgehead atoms. The number of aromatic nitrogens is 2. The molecule has 1 heterocycles. The molecule has 0 spiro atoms. The van der Waals surface area contributed by atoms with Gasteiger partial charge in [0.1, 0.15) is 11.6 Å². The Kier molecular flexibility index (Phi) is 7.20. The van der Waals surface area contributed by atoms with Crippen molar-refractivity contribution in [3.05, 3.63) is 48.4 Å². The highest BCUT2D eigenvalue weighted by Crippen LogP contribution is 2.32. The van der Waals surface area contributed by atoms with Crippen LogP contribution in [0.2, 0.25) is 0 Å². The average Bonchev–Trinajstić information content (AvgIpc) is 2.78. The SMILES string of the molecule is CCc1nccc(-c2cc(NC(=O)CNCC(C)(C)CO)c3cc(OC)ccc3c2)n1. The Bertz CT molecular complexity index is 1070. The van der Waals surface area contributed by atoms with Crippen molar-refractivity contribution in [2.75, 3.05) is 32.1 Å². The van der Waals surface area contributed by atoms with E-state index in [4.69, 9.17) is 4.74 Å². The van der Waals surface area contributed by atoms with Crippen LogP contribution in [0.25, 0.3) is 22.0 Å². The van der Waals surface area contributed by atoms with Crippen molar-refractivity contribution in [1.82, 2.24) is 15.3 Å². The Labute approximate surface area is 182 Å². The van der Waals surface area contributed by atoms with Crippen molar-refractivity contribution in [2.24, 2.45) is 5.41 Å². The first-order chi connectivity index (χ1) is 14.8. The molecule has 0 atom stereocenters. The van der Waals surface area contributed by atoms with Crippen LogP contribution in [0.1, 0.15) is 26.6 Å². The number of nitrogens with zero attached hydrogens (tertiary/aromatic N) is 2. The number of carbonyl (C=O) groups excluding carboxylic acids is 1. The standard InChI is InChI=1S/C24H30N4O3/c1-5-22-26-9-8-20(27-22)17-10-16-6-7-18(31-4)12-19(16)21(11-17)28-23(30)13-25-14-24(2,3)15-29/h6-12,25,29H,5,13-15H2,1-4H3,(H,28,30). The van der Waals surface area contributed by atoms with E-state index in [1.807, 2.05) is 57.2 Å². The van der Waals surface area contributed by atoms with Gasteiger partial charge in [0.25, 0.3) is 0 Å². The molecule has 3 N–H and O–H groups in total. The van der Waals surface area contributed by atoms with Crippen molar-refractivity contribution in [1.29, 1.82) is 0 Å². The topological polar surface area (TPSA) is 96.4 Å². The molecule has 1 aromatic heterocycles. The first kappa shape index (κ1) is 22.7. The van der Waals surface area contributed by atoms with Crippen molar-refractivity contribution in [2.45, 2.75) is 27.2 Å². The third-order valence-electron chi connectivity index (χ3n) is 5.07. The number of amides is 1. The molecule has 3 rings (SSSR count). The van der Waals surface area contributed by atoms with Crippen LogP contribution in [-0.2, 0) is 11.2 Å². The summed E-state index contributed by atoms with van der Waals surface area (Å²) in [6.45, 7) is 6.62.